The first kappa shape index (κ1) is 30.8. The van der Waals surface area contributed by atoms with Crippen molar-refractivity contribution in [1.29, 1.82) is 0 Å². The van der Waals surface area contributed by atoms with E-state index in [1.807, 2.05) is 12.1 Å². The molecule has 0 saturated carbocycles. The predicted octanol–water partition coefficient (Wildman–Crippen LogP) is 8.41. The maximum absolute atomic E-state index is 14.1. The zero-order chi connectivity index (χ0) is 31.1. The molecule has 0 atom stereocenters. The summed E-state index contributed by atoms with van der Waals surface area (Å²) in [7, 11) is 1.65. The summed E-state index contributed by atoms with van der Waals surface area (Å²) in [4.78, 5) is 30.6. The van der Waals surface area contributed by atoms with Gasteiger partial charge in [-0.15, -0.1) is 6.58 Å². The number of ketones is 2. The Labute approximate surface area is 257 Å². The summed E-state index contributed by atoms with van der Waals surface area (Å²) in [6, 6.07) is 12.4. The minimum Gasteiger partial charge on any atom is -0.493 e. The van der Waals surface area contributed by atoms with Crippen LogP contribution in [0.4, 0.5) is 0 Å². The van der Waals surface area contributed by atoms with Crippen LogP contribution < -0.4 is 9.47 Å². The van der Waals surface area contributed by atoms with Crippen LogP contribution in [0, 0.1) is 17.8 Å². The van der Waals surface area contributed by atoms with E-state index in [9.17, 15) is 9.59 Å². The molecule has 0 aromatic heterocycles. The van der Waals surface area contributed by atoms with Crippen molar-refractivity contribution >= 4 is 11.6 Å². The van der Waals surface area contributed by atoms with Gasteiger partial charge in [0, 0.05) is 53.4 Å². The number of rotatable bonds is 9. The lowest BCUT2D eigenvalue weighted by Crippen LogP contribution is -2.44. The number of benzene rings is 2. The number of nitrogens with zero attached hydrogens (tertiary/aromatic N) is 1. The number of methoxy groups -OCH3 is 1. The Hall–Kier alpha value is -3.60. The molecular formula is C38H47NO4. The third-order valence-electron chi connectivity index (χ3n) is 9.04. The molecule has 0 amide bonds. The van der Waals surface area contributed by atoms with E-state index in [4.69, 9.17) is 9.47 Å². The molecule has 0 N–H and O–H groups in total. The van der Waals surface area contributed by atoms with Gasteiger partial charge in [0.2, 0.25) is 0 Å². The second-order valence-electron chi connectivity index (χ2n) is 14.2. The van der Waals surface area contributed by atoms with Crippen LogP contribution in [0.3, 0.4) is 0 Å². The topological polar surface area (TPSA) is 55.8 Å². The highest BCUT2D eigenvalue weighted by molar-refractivity contribution is 6.06. The van der Waals surface area contributed by atoms with E-state index in [0.29, 0.717) is 37.4 Å². The molecular weight excluding hydrogens is 534 g/mol. The predicted molar refractivity (Wildman–Crippen MR) is 172 cm³/mol. The van der Waals surface area contributed by atoms with Crippen molar-refractivity contribution in [2.45, 2.75) is 92.6 Å². The molecule has 2 aliphatic carbocycles. The molecule has 0 unspecified atom stereocenters. The first-order valence-corrected chi connectivity index (χ1v) is 15.7. The Morgan fingerprint density at radius 1 is 0.930 bits per heavy atom. The smallest absolute Gasteiger partial charge is 0.165 e. The largest absolute Gasteiger partial charge is 0.493 e. The lowest BCUT2D eigenvalue weighted by atomic mass is 9.63. The number of carbonyl (C=O) groups is 2. The Morgan fingerprint density at radius 3 is 2.02 bits per heavy atom. The van der Waals surface area contributed by atoms with Crippen LogP contribution >= 0.6 is 0 Å². The molecule has 2 aromatic carbocycles. The molecule has 0 fully saturated rings. The van der Waals surface area contributed by atoms with Gasteiger partial charge < -0.3 is 14.4 Å². The number of Topliss-reactive ketones (excluding diaryl/α,β-unsaturated/α-hetero) is 2. The molecule has 5 rings (SSSR count). The van der Waals surface area contributed by atoms with Crippen LogP contribution in [0.25, 0.3) is 0 Å². The van der Waals surface area contributed by atoms with Crippen LogP contribution in [0.15, 0.2) is 71.6 Å². The van der Waals surface area contributed by atoms with Crippen LogP contribution in [-0.4, -0.2) is 30.1 Å². The van der Waals surface area contributed by atoms with Crippen molar-refractivity contribution in [3.63, 3.8) is 0 Å². The fourth-order valence-corrected chi connectivity index (χ4v) is 7.19. The summed E-state index contributed by atoms with van der Waals surface area (Å²) in [6.07, 6.45) is 5.93. The lowest BCUT2D eigenvalue weighted by Gasteiger charge is -2.49. The van der Waals surface area contributed by atoms with Gasteiger partial charge in [-0.1, -0.05) is 76.6 Å². The number of carbonyl (C=O) groups excluding carboxylic acids is 2. The molecule has 228 valence electrons. The normalized spacial score (nSPS) is 19.7. The Morgan fingerprint density at radius 2 is 1.51 bits per heavy atom. The first-order valence-electron chi connectivity index (χ1n) is 15.7. The van der Waals surface area contributed by atoms with Gasteiger partial charge in [0.15, 0.2) is 23.1 Å². The zero-order valence-corrected chi connectivity index (χ0v) is 27.1. The molecule has 5 nitrogen and oxygen atoms in total. The molecule has 1 aliphatic heterocycles. The van der Waals surface area contributed by atoms with Gasteiger partial charge in [0.25, 0.3) is 0 Å². The molecule has 1 heterocycles. The van der Waals surface area contributed by atoms with Crippen LogP contribution in [-0.2, 0) is 22.6 Å². The zero-order valence-electron chi connectivity index (χ0n) is 27.1. The van der Waals surface area contributed by atoms with E-state index in [-0.39, 0.29) is 22.4 Å². The highest BCUT2D eigenvalue weighted by Crippen LogP contribution is 2.55. The highest BCUT2D eigenvalue weighted by Gasteiger charge is 2.49. The summed E-state index contributed by atoms with van der Waals surface area (Å²) < 4.78 is 12.4. The summed E-state index contributed by atoms with van der Waals surface area (Å²) in [6.45, 7) is 18.2. The maximum atomic E-state index is 14.1. The van der Waals surface area contributed by atoms with Gasteiger partial charge in [0.1, 0.15) is 6.61 Å². The molecule has 3 aliphatic rings. The number of aryl methyl sites for hydroxylation is 1. The van der Waals surface area contributed by atoms with E-state index < -0.39 is 5.92 Å². The number of hydrogen-bond donors (Lipinski definition) is 0. The second kappa shape index (κ2) is 11.8. The van der Waals surface area contributed by atoms with E-state index in [1.165, 1.54) is 5.56 Å². The molecule has 0 radical (unpaired) electrons. The number of hydrogen-bond acceptors (Lipinski definition) is 5. The molecule has 2 aromatic rings. The van der Waals surface area contributed by atoms with E-state index >= 15 is 0 Å². The average molecular weight is 582 g/mol. The molecule has 0 saturated heterocycles. The van der Waals surface area contributed by atoms with Crippen molar-refractivity contribution in [3.8, 4) is 11.5 Å². The summed E-state index contributed by atoms with van der Waals surface area (Å²) >= 11 is 0. The lowest BCUT2D eigenvalue weighted by molar-refractivity contribution is -0.119. The SMILES string of the molecule is C=CCc1cc(C2C3=C(CC(C)(C)CC3=O)N(CCC)C3=C2C(=O)CC(C)(C)C3)cc(OC)c1OCc1ccc(C)cc1. The molecule has 0 spiro atoms. The summed E-state index contributed by atoms with van der Waals surface area (Å²) in [5, 5.41) is 0. The fraction of sp³-hybridized carbons (Fsp3) is 0.474. The van der Waals surface area contributed by atoms with E-state index in [1.54, 1.807) is 7.11 Å². The van der Waals surface area contributed by atoms with Crippen molar-refractivity contribution in [3.05, 3.63) is 93.8 Å². The van der Waals surface area contributed by atoms with Crippen LogP contribution in [0.2, 0.25) is 0 Å². The van der Waals surface area contributed by atoms with Gasteiger partial charge in [-0.3, -0.25) is 9.59 Å². The minimum atomic E-state index is -0.422. The van der Waals surface area contributed by atoms with Gasteiger partial charge >= 0.3 is 0 Å². The number of allylic oxidation sites excluding steroid dienone is 5. The quantitative estimate of drug-likeness (QED) is 0.278. The van der Waals surface area contributed by atoms with Crippen molar-refractivity contribution in [2.24, 2.45) is 10.8 Å². The Kier molecular flexibility index (Phi) is 8.48. The van der Waals surface area contributed by atoms with Crippen LogP contribution in [0.1, 0.15) is 94.9 Å². The number of ether oxygens (including phenoxy) is 2. The minimum absolute atomic E-state index is 0.141. The second-order valence-corrected chi connectivity index (χ2v) is 14.2. The van der Waals surface area contributed by atoms with Crippen molar-refractivity contribution in [1.82, 2.24) is 4.90 Å². The highest BCUT2D eigenvalue weighted by atomic mass is 16.5. The average Bonchev–Trinajstić information content (AvgIpc) is 2.92. The van der Waals surface area contributed by atoms with Gasteiger partial charge in [0.05, 0.1) is 7.11 Å². The van der Waals surface area contributed by atoms with Gasteiger partial charge in [-0.2, -0.15) is 0 Å². The van der Waals surface area contributed by atoms with Crippen molar-refractivity contribution < 1.29 is 19.1 Å². The standard InChI is InChI=1S/C38H47NO4/c1-9-11-26-17-27(18-32(42-8)36(26)43-23-25-14-12-24(3)13-15-25)33-34-28(19-37(4,5)21-30(34)40)39(16-10-2)29-20-38(6,7)22-31(41)35(29)33/h9,12-15,17-18,33H,1,10-11,16,19-23H2,2-8H3. The van der Waals surface area contributed by atoms with Gasteiger partial charge in [-0.05, 0) is 60.6 Å². The monoisotopic (exact) mass is 581 g/mol. The molecule has 43 heavy (non-hydrogen) atoms. The van der Waals surface area contributed by atoms with E-state index in [2.05, 4.69) is 83.4 Å². The van der Waals surface area contributed by atoms with Crippen LogP contribution in [0.5, 0.6) is 11.5 Å². The molecule has 5 heteroatoms. The van der Waals surface area contributed by atoms with Gasteiger partial charge in [-0.25, -0.2) is 0 Å². The summed E-state index contributed by atoms with van der Waals surface area (Å²) in [5.74, 6) is 1.14. The maximum Gasteiger partial charge on any atom is 0.165 e. The first-order chi connectivity index (χ1) is 20.4. The fourth-order valence-electron chi connectivity index (χ4n) is 7.19. The van der Waals surface area contributed by atoms with Crippen molar-refractivity contribution in [2.75, 3.05) is 13.7 Å². The Balaban J connectivity index is 1.69. The third-order valence-corrected chi connectivity index (χ3v) is 9.04. The van der Waals surface area contributed by atoms with E-state index in [0.717, 1.165) is 65.0 Å². The third kappa shape index (κ3) is 6.09. The Bertz CT molecular complexity index is 1450. The molecule has 0 bridgehead atoms. The summed E-state index contributed by atoms with van der Waals surface area (Å²) in [5.41, 5.74) is 7.61.